The predicted octanol–water partition coefficient (Wildman–Crippen LogP) is 2.41. The van der Waals surface area contributed by atoms with Gasteiger partial charge in [-0.25, -0.2) is 0 Å². The molecule has 2 aliphatic rings. The summed E-state index contributed by atoms with van der Waals surface area (Å²) in [6.07, 6.45) is 2.80. The highest BCUT2D eigenvalue weighted by atomic mass is 32.1. The van der Waals surface area contributed by atoms with Crippen LogP contribution in [0.5, 0.6) is 0 Å². The first-order valence-corrected chi connectivity index (χ1v) is 11.6. The van der Waals surface area contributed by atoms with Gasteiger partial charge in [-0.3, -0.25) is 9.89 Å². The molecule has 6 nitrogen and oxygen atoms in total. The van der Waals surface area contributed by atoms with Gasteiger partial charge in [0.1, 0.15) is 0 Å². The number of nitrogens with one attached hydrogen (secondary N) is 2. The molecule has 2 unspecified atom stereocenters. The summed E-state index contributed by atoms with van der Waals surface area (Å²) in [5.74, 6) is 1.74. The lowest BCUT2D eigenvalue weighted by Crippen LogP contribution is -2.48. The Hall–Kier alpha value is -1.15. The molecule has 0 radical (unpaired) electrons. The average molecular weight is 408 g/mol. The van der Waals surface area contributed by atoms with Gasteiger partial charge < -0.3 is 20.3 Å². The van der Waals surface area contributed by atoms with Crippen LogP contribution in [0.1, 0.15) is 37.6 Å². The second-order valence-corrected chi connectivity index (χ2v) is 9.08. The zero-order valence-corrected chi connectivity index (χ0v) is 18.5. The lowest BCUT2D eigenvalue weighted by molar-refractivity contribution is -0.0161. The summed E-state index contributed by atoms with van der Waals surface area (Å²) in [6, 6.07) is 4.79. The molecule has 2 saturated heterocycles. The Labute approximate surface area is 174 Å². The van der Waals surface area contributed by atoms with E-state index in [0.29, 0.717) is 6.04 Å². The fourth-order valence-electron chi connectivity index (χ4n) is 3.93. The van der Waals surface area contributed by atoms with Gasteiger partial charge in [-0.1, -0.05) is 13.0 Å². The lowest BCUT2D eigenvalue weighted by Gasteiger charge is -2.35. The first-order valence-electron chi connectivity index (χ1n) is 10.8. The smallest absolute Gasteiger partial charge is 0.191 e. The number of thiophene rings is 1. The Bertz CT molecular complexity index is 586. The number of rotatable bonds is 7. The van der Waals surface area contributed by atoms with E-state index in [1.165, 1.54) is 30.8 Å². The minimum absolute atomic E-state index is 0.222. The molecule has 1 aromatic rings. The van der Waals surface area contributed by atoms with Crippen molar-refractivity contribution >= 4 is 17.3 Å². The molecule has 0 spiro atoms. The fraction of sp³-hybridized carbons (Fsp3) is 0.762. The van der Waals surface area contributed by atoms with E-state index in [4.69, 9.17) is 9.73 Å². The molecule has 0 saturated carbocycles. The van der Waals surface area contributed by atoms with Crippen LogP contribution in [0, 0.1) is 5.92 Å². The van der Waals surface area contributed by atoms with Crippen molar-refractivity contribution in [2.24, 2.45) is 10.9 Å². The van der Waals surface area contributed by atoms with Crippen molar-refractivity contribution in [1.29, 1.82) is 0 Å². The summed E-state index contributed by atoms with van der Waals surface area (Å²) < 4.78 is 5.87. The van der Waals surface area contributed by atoms with E-state index in [0.717, 1.165) is 51.2 Å². The van der Waals surface area contributed by atoms with E-state index in [1.54, 1.807) is 0 Å². The van der Waals surface area contributed by atoms with Crippen molar-refractivity contribution in [2.75, 3.05) is 59.5 Å². The molecule has 3 rings (SSSR count). The van der Waals surface area contributed by atoms with Crippen LogP contribution in [-0.2, 0) is 4.74 Å². The minimum atomic E-state index is 0.222. The van der Waals surface area contributed by atoms with E-state index < -0.39 is 0 Å². The van der Waals surface area contributed by atoms with Crippen molar-refractivity contribution in [1.82, 2.24) is 20.4 Å². The van der Waals surface area contributed by atoms with Gasteiger partial charge in [0.15, 0.2) is 5.96 Å². The van der Waals surface area contributed by atoms with Crippen LogP contribution >= 0.6 is 11.3 Å². The predicted molar refractivity (Wildman–Crippen MR) is 118 cm³/mol. The van der Waals surface area contributed by atoms with Gasteiger partial charge in [0.05, 0.1) is 25.3 Å². The Balaban J connectivity index is 1.60. The molecule has 2 N–H and O–H groups in total. The van der Waals surface area contributed by atoms with Crippen LogP contribution in [-0.4, -0.2) is 81.3 Å². The summed E-state index contributed by atoms with van der Waals surface area (Å²) in [6.45, 7) is 12.1. The third-order valence-electron chi connectivity index (χ3n) is 5.74. The second kappa shape index (κ2) is 11.1. The normalized spacial score (nSPS) is 24.2. The molecule has 7 heteroatoms. The van der Waals surface area contributed by atoms with Gasteiger partial charge in [-0.2, -0.15) is 0 Å². The Morgan fingerprint density at radius 2 is 2.14 bits per heavy atom. The average Bonchev–Trinajstić information content (AvgIpc) is 3.22. The number of hydrogen-bond acceptors (Lipinski definition) is 5. The Morgan fingerprint density at radius 1 is 1.32 bits per heavy atom. The highest BCUT2D eigenvalue weighted by Gasteiger charge is 2.25. The summed E-state index contributed by atoms with van der Waals surface area (Å²) in [7, 11) is 2.15. The highest BCUT2D eigenvalue weighted by Crippen LogP contribution is 2.29. The first kappa shape index (κ1) is 21.6. The van der Waals surface area contributed by atoms with E-state index in [2.05, 4.69) is 58.8 Å². The Kier molecular flexibility index (Phi) is 8.58. The molecule has 0 bridgehead atoms. The van der Waals surface area contributed by atoms with Crippen molar-refractivity contribution in [3.63, 3.8) is 0 Å². The van der Waals surface area contributed by atoms with Gasteiger partial charge in [-0.15, -0.1) is 11.3 Å². The molecule has 0 aliphatic carbocycles. The van der Waals surface area contributed by atoms with E-state index in [9.17, 15) is 0 Å². The number of hydrogen-bond donors (Lipinski definition) is 2. The van der Waals surface area contributed by atoms with Gasteiger partial charge in [-0.05, 0) is 57.3 Å². The topological polar surface area (TPSA) is 52.1 Å². The number of likely N-dealkylation sites (N-methyl/N-ethyl adjacent to an activating group) is 1. The maximum Gasteiger partial charge on any atom is 0.191 e. The van der Waals surface area contributed by atoms with Crippen molar-refractivity contribution in [3.05, 3.63) is 22.4 Å². The highest BCUT2D eigenvalue weighted by molar-refractivity contribution is 7.10. The maximum absolute atomic E-state index is 5.87. The van der Waals surface area contributed by atoms with Crippen LogP contribution in [0.4, 0.5) is 0 Å². The number of piperidine rings is 1. The van der Waals surface area contributed by atoms with E-state index in [-0.39, 0.29) is 6.10 Å². The van der Waals surface area contributed by atoms with Crippen molar-refractivity contribution in [3.8, 4) is 0 Å². The minimum Gasteiger partial charge on any atom is -0.374 e. The molecular formula is C21H37N5OS. The second-order valence-electron chi connectivity index (χ2n) is 8.11. The van der Waals surface area contributed by atoms with Gasteiger partial charge in [0, 0.05) is 31.1 Å². The molecule has 0 aromatic carbocycles. The van der Waals surface area contributed by atoms with Crippen LogP contribution in [0.15, 0.2) is 22.5 Å². The van der Waals surface area contributed by atoms with E-state index in [1.807, 2.05) is 11.3 Å². The SMILES string of the molecule is CCNC(=NCC(c1cccs1)N1CCC(C)CC1)NCC1CN(C)CCO1. The molecule has 2 atom stereocenters. The summed E-state index contributed by atoms with van der Waals surface area (Å²) in [5, 5.41) is 9.07. The molecular weight excluding hydrogens is 370 g/mol. The molecule has 0 amide bonds. The van der Waals surface area contributed by atoms with Gasteiger partial charge in [0.25, 0.3) is 0 Å². The van der Waals surface area contributed by atoms with Crippen molar-refractivity contribution in [2.45, 2.75) is 38.8 Å². The van der Waals surface area contributed by atoms with Crippen molar-refractivity contribution < 1.29 is 4.74 Å². The number of ether oxygens (including phenoxy) is 1. The van der Waals surface area contributed by atoms with Gasteiger partial charge in [0.2, 0.25) is 0 Å². The van der Waals surface area contributed by atoms with Gasteiger partial charge >= 0.3 is 0 Å². The third-order valence-corrected chi connectivity index (χ3v) is 6.71. The standard InChI is InChI=1S/C21H37N5OS/c1-4-22-21(23-14-18-16-25(3)11-12-27-18)24-15-19(20-6-5-13-28-20)26-9-7-17(2)8-10-26/h5-6,13,17-19H,4,7-12,14-16H2,1-3H3,(H2,22,23,24). The molecule has 158 valence electrons. The molecule has 28 heavy (non-hydrogen) atoms. The summed E-state index contributed by atoms with van der Waals surface area (Å²) >= 11 is 1.85. The van der Waals surface area contributed by atoms with Crippen LogP contribution < -0.4 is 10.6 Å². The van der Waals surface area contributed by atoms with Crippen LogP contribution in [0.25, 0.3) is 0 Å². The number of likely N-dealkylation sites (tertiary alicyclic amines) is 1. The van der Waals surface area contributed by atoms with E-state index >= 15 is 0 Å². The zero-order valence-electron chi connectivity index (χ0n) is 17.7. The largest absolute Gasteiger partial charge is 0.374 e. The maximum atomic E-state index is 5.87. The van der Waals surface area contributed by atoms with Crippen LogP contribution in [0.2, 0.25) is 0 Å². The lowest BCUT2D eigenvalue weighted by atomic mass is 9.97. The fourth-order valence-corrected chi connectivity index (χ4v) is 4.78. The summed E-state index contributed by atoms with van der Waals surface area (Å²) in [4.78, 5) is 11.3. The first-order chi connectivity index (χ1) is 13.7. The quantitative estimate of drug-likeness (QED) is 0.537. The number of morpholine rings is 1. The molecule has 2 aliphatic heterocycles. The Morgan fingerprint density at radius 3 is 2.82 bits per heavy atom. The van der Waals surface area contributed by atoms with Crippen LogP contribution in [0.3, 0.4) is 0 Å². The monoisotopic (exact) mass is 407 g/mol. The molecule has 2 fully saturated rings. The molecule has 1 aromatic heterocycles. The number of aliphatic imine (C=N–C) groups is 1. The molecule has 3 heterocycles. The number of guanidine groups is 1. The third kappa shape index (κ3) is 6.44. The summed E-state index contributed by atoms with van der Waals surface area (Å²) in [5.41, 5.74) is 0. The zero-order chi connectivity index (χ0) is 19.8. The number of nitrogens with zero attached hydrogens (tertiary/aromatic N) is 3.